The van der Waals surface area contributed by atoms with Crippen LogP contribution in [0.5, 0.6) is 0 Å². The zero-order valence-electron chi connectivity index (χ0n) is 14.0. The smallest absolute Gasteiger partial charge is 0.349 e. The van der Waals surface area contributed by atoms with E-state index < -0.39 is 17.5 Å². The highest BCUT2D eigenvalue weighted by atomic mass is 32.1. The van der Waals surface area contributed by atoms with Crippen molar-refractivity contribution in [3.8, 4) is 0 Å². The molecule has 1 aromatic carbocycles. The average Bonchev–Trinajstić information content (AvgIpc) is 3.10. The Kier molecular flexibility index (Phi) is 5.32. The molecule has 7 nitrogen and oxygen atoms in total. The van der Waals surface area contributed by atoms with Gasteiger partial charge < -0.3 is 10.1 Å². The van der Waals surface area contributed by atoms with Crippen LogP contribution < -0.4 is 5.32 Å². The van der Waals surface area contributed by atoms with Crippen LogP contribution in [-0.2, 0) is 14.9 Å². The normalized spacial score (nSPS) is 14.9. The highest BCUT2D eigenvalue weighted by Crippen LogP contribution is 2.43. The second-order valence-electron chi connectivity index (χ2n) is 6.25. The van der Waals surface area contributed by atoms with Gasteiger partial charge in [0, 0.05) is 18.0 Å². The molecule has 1 aliphatic rings. The van der Waals surface area contributed by atoms with Gasteiger partial charge in [-0.3, -0.25) is 14.9 Å². The van der Waals surface area contributed by atoms with Gasteiger partial charge in [0.1, 0.15) is 4.88 Å². The summed E-state index contributed by atoms with van der Waals surface area (Å²) in [4.78, 5) is 34.0. The summed E-state index contributed by atoms with van der Waals surface area (Å²) >= 11 is 0.723. The fraction of sp³-hybridized carbons (Fsp3) is 0.333. The van der Waals surface area contributed by atoms with Crippen molar-refractivity contribution in [3.63, 3.8) is 0 Å². The molecule has 0 aliphatic heterocycles. The average molecular weight is 374 g/mol. The topological polar surface area (TPSA) is 98.5 Å². The van der Waals surface area contributed by atoms with E-state index in [1.165, 1.54) is 17.7 Å². The van der Waals surface area contributed by atoms with Crippen LogP contribution in [0.3, 0.4) is 0 Å². The van der Waals surface area contributed by atoms with Crippen LogP contribution in [0.1, 0.15) is 34.5 Å². The molecule has 136 valence electrons. The Morgan fingerprint density at radius 1 is 1.19 bits per heavy atom. The number of hydrogen-bond donors (Lipinski definition) is 1. The monoisotopic (exact) mass is 374 g/mol. The molecular weight excluding hydrogens is 356 g/mol. The van der Waals surface area contributed by atoms with Crippen molar-refractivity contribution in [2.45, 2.75) is 24.7 Å². The predicted octanol–water partition coefficient (Wildman–Crippen LogP) is 3.05. The third-order valence-electron chi connectivity index (χ3n) is 4.63. The molecule has 1 amide bonds. The molecule has 0 radical (unpaired) electrons. The van der Waals surface area contributed by atoms with Gasteiger partial charge in [0.2, 0.25) is 0 Å². The first-order chi connectivity index (χ1) is 12.5. The van der Waals surface area contributed by atoms with Crippen molar-refractivity contribution >= 4 is 28.2 Å². The summed E-state index contributed by atoms with van der Waals surface area (Å²) in [6.07, 6.45) is 3.14. The fourth-order valence-corrected chi connectivity index (χ4v) is 3.73. The molecular formula is C18H18N2O5S. The van der Waals surface area contributed by atoms with Crippen LogP contribution in [-0.4, -0.2) is 30.0 Å². The Labute approximate surface area is 154 Å². The lowest BCUT2D eigenvalue weighted by molar-refractivity contribution is -0.380. The largest absolute Gasteiger partial charge is 0.451 e. The first-order valence-corrected chi connectivity index (χ1v) is 9.05. The van der Waals surface area contributed by atoms with Crippen molar-refractivity contribution in [1.82, 2.24) is 5.32 Å². The summed E-state index contributed by atoms with van der Waals surface area (Å²) in [5, 5.41) is 13.3. The number of benzene rings is 1. The van der Waals surface area contributed by atoms with Crippen LogP contribution in [0, 0.1) is 10.1 Å². The SMILES string of the molecule is O=C(COC(=O)c1ccc([N+](=O)[O-])s1)NCC1(c2ccccc2)CCC1. The van der Waals surface area contributed by atoms with E-state index in [2.05, 4.69) is 17.4 Å². The zero-order chi connectivity index (χ0) is 18.6. The third kappa shape index (κ3) is 3.91. The van der Waals surface area contributed by atoms with E-state index in [0.29, 0.717) is 6.54 Å². The molecule has 0 bridgehead atoms. The Hall–Kier alpha value is -2.74. The Bertz CT molecular complexity index is 814. The lowest BCUT2D eigenvalue weighted by Crippen LogP contribution is -2.46. The number of nitrogens with one attached hydrogen (secondary N) is 1. The highest BCUT2D eigenvalue weighted by molar-refractivity contribution is 7.17. The number of ether oxygens (including phenoxy) is 1. The summed E-state index contributed by atoms with van der Waals surface area (Å²) in [5.41, 5.74) is 1.16. The second kappa shape index (κ2) is 7.65. The number of amides is 1. The first kappa shape index (κ1) is 18.1. The van der Waals surface area contributed by atoms with Crippen LogP contribution in [0.4, 0.5) is 5.00 Å². The third-order valence-corrected chi connectivity index (χ3v) is 5.65. The standard InChI is InChI=1S/C18H18N2O5S/c21-15(11-25-17(22)14-7-8-16(26-14)20(23)24)19-12-18(9-4-10-18)13-5-2-1-3-6-13/h1-3,5-8H,4,9-12H2,(H,19,21). The highest BCUT2D eigenvalue weighted by Gasteiger charge is 2.38. The van der Waals surface area contributed by atoms with E-state index in [0.717, 1.165) is 30.6 Å². The van der Waals surface area contributed by atoms with E-state index in [1.807, 2.05) is 18.2 Å². The van der Waals surface area contributed by atoms with Gasteiger partial charge in [0.25, 0.3) is 5.91 Å². The van der Waals surface area contributed by atoms with Gasteiger partial charge >= 0.3 is 11.0 Å². The molecule has 26 heavy (non-hydrogen) atoms. The number of nitrogens with zero attached hydrogens (tertiary/aromatic N) is 1. The number of carbonyl (C=O) groups excluding carboxylic acids is 2. The van der Waals surface area contributed by atoms with Crippen LogP contribution in [0.15, 0.2) is 42.5 Å². The maximum atomic E-state index is 12.0. The maximum Gasteiger partial charge on any atom is 0.349 e. The minimum Gasteiger partial charge on any atom is -0.451 e. The number of carbonyl (C=O) groups is 2. The molecule has 8 heteroatoms. The van der Waals surface area contributed by atoms with Crippen molar-refractivity contribution in [2.24, 2.45) is 0 Å². The Morgan fingerprint density at radius 3 is 2.50 bits per heavy atom. The molecule has 3 rings (SSSR count). The summed E-state index contributed by atoms with van der Waals surface area (Å²) in [6, 6.07) is 12.6. The number of hydrogen-bond acceptors (Lipinski definition) is 6. The van der Waals surface area contributed by atoms with E-state index in [1.54, 1.807) is 0 Å². The van der Waals surface area contributed by atoms with Crippen LogP contribution in [0.25, 0.3) is 0 Å². The first-order valence-electron chi connectivity index (χ1n) is 8.24. The number of rotatable bonds is 7. The van der Waals surface area contributed by atoms with E-state index in [-0.39, 0.29) is 21.2 Å². The quantitative estimate of drug-likeness (QED) is 0.456. The van der Waals surface area contributed by atoms with Gasteiger partial charge in [0.05, 0.1) is 4.92 Å². The molecule has 1 heterocycles. The van der Waals surface area contributed by atoms with Crippen LogP contribution in [0.2, 0.25) is 0 Å². The predicted molar refractivity (Wildman–Crippen MR) is 96.2 cm³/mol. The number of nitro groups is 1. The molecule has 0 saturated heterocycles. The van der Waals surface area contributed by atoms with Gasteiger partial charge in [-0.1, -0.05) is 48.1 Å². The molecule has 1 N–H and O–H groups in total. The van der Waals surface area contributed by atoms with Gasteiger partial charge in [-0.2, -0.15) is 0 Å². The number of esters is 1. The molecule has 1 fully saturated rings. The van der Waals surface area contributed by atoms with Crippen molar-refractivity contribution < 1.29 is 19.2 Å². The zero-order valence-corrected chi connectivity index (χ0v) is 14.8. The Morgan fingerprint density at radius 2 is 1.92 bits per heavy atom. The van der Waals surface area contributed by atoms with Gasteiger partial charge in [-0.15, -0.1) is 0 Å². The molecule has 0 atom stereocenters. The number of thiophene rings is 1. The lowest BCUT2D eigenvalue weighted by Gasteiger charge is -2.42. The molecule has 0 unspecified atom stereocenters. The molecule has 1 aliphatic carbocycles. The van der Waals surface area contributed by atoms with Crippen LogP contribution >= 0.6 is 11.3 Å². The summed E-state index contributed by atoms with van der Waals surface area (Å²) in [7, 11) is 0. The van der Waals surface area contributed by atoms with Crippen molar-refractivity contribution in [2.75, 3.05) is 13.2 Å². The van der Waals surface area contributed by atoms with Gasteiger partial charge in [-0.25, -0.2) is 4.79 Å². The molecule has 1 aromatic heterocycles. The molecule has 2 aromatic rings. The lowest BCUT2D eigenvalue weighted by atomic mass is 9.64. The Balaban J connectivity index is 1.49. The fourth-order valence-electron chi connectivity index (χ4n) is 3.02. The summed E-state index contributed by atoms with van der Waals surface area (Å²) in [6.45, 7) is 0.0905. The van der Waals surface area contributed by atoms with Gasteiger partial charge in [-0.05, 0) is 24.5 Å². The second-order valence-corrected chi connectivity index (χ2v) is 7.31. The summed E-state index contributed by atoms with van der Waals surface area (Å²) < 4.78 is 4.94. The summed E-state index contributed by atoms with van der Waals surface area (Å²) in [5.74, 6) is -1.12. The minimum absolute atomic E-state index is 0.0463. The van der Waals surface area contributed by atoms with Crippen molar-refractivity contribution in [3.05, 3.63) is 63.0 Å². The van der Waals surface area contributed by atoms with Gasteiger partial charge in [0.15, 0.2) is 6.61 Å². The maximum absolute atomic E-state index is 12.0. The van der Waals surface area contributed by atoms with E-state index >= 15 is 0 Å². The van der Waals surface area contributed by atoms with E-state index in [9.17, 15) is 19.7 Å². The minimum atomic E-state index is -0.736. The molecule has 1 saturated carbocycles. The van der Waals surface area contributed by atoms with Crippen molar-refractivity contribution in [1.29, 1.82) is 0 Å². The molecule has 0 spiro atoms. The van der Waals surface area contributed by atoms with E-state index in [4.69, 9.17) is 4.74 Å².